The van der Waals surface area contributed by atoms with Crippen LogP contribution in [0.5, 0.6) is 17.4 Å². The second-order valence-electron chi connectivity index (χ2n) is 10.4. The minimum absolute atomic E-state index is 0.0102. The summed E-state index contributed by atoms with van der Waals surface area (Å²) in [5.41, 5.74) is 2.36. The predicted molar refractivity (Wildman–Crippen MR) is 150 cm³/mol. The number of nitrogens with zero attached hydrogens (tertiary/aromatic N) is 4. The van der Waals surface area contributed by atoms with Gasteiger partial charge in [-0.1, -0.05) is 26.0 Å². The largest absolute Gasteiger partial charge is 0.494 e. The highest BCUT2D eigenvalue weighted by molar-refractivity contribution is 5.98. The van der Waals surface area contributed by atoms with Crippen molar-refractivity contribution in [2.24, 2.45) is 5.92 Å². The van der Waals surface area contributed by atoms with Crippen molar-refractivity contribution in [3.8, 4) is 17.4 Å². The first-order chi connectivity index (χ1) is 18.1. The zero-order chi connectivity index (χ0) is 25.9. The summed E-state index contributed by atoms with van der Waals surface area (Å²) < 4.78 is 13.3. The van der Waals surface area contributed by atoms with Crippen LogP contribution >= 0.6 is 0 Å². The number of hydrogen-bond acceptors (Lipinski definition) is 6. The summed E-state index contributed by atoms with van der Waals surface area (Å²) >= 11 is 0. The number of aromatic hydroxyl groups is 1. The molecule has 2 fully saturated rings. The molecule has 3 heterocycles. The number of methoxy groups -OCH3 is 2. The normalized spacial score (nSPS) is 18.9. The van der Waals surface area contributed by atoms with Crippen molar-refractivity contribution in [3.63, 3.8) is 0 Å². The van der Waals surface area contributed by atoms with Crippen LogP contribution in [0.25, 0.3) is 10.8 Å². The number of piperidine rings is 1. The van der Waals surface area contributed by atoms with Gasteiger partial charge in [-0.25, -0.2) is 0 Å². The van der Waals surface area contributed by atoms with E-state index in [1.165, 1.54) is 5.69 Å². The molecule has 0 aliphatic carbocycles. The van der Waals surface area contributed by atoms with E-state index < -0.39 is 0 Å². The van der Waals surface area contributed by atoms with Gasteiger partial charge in [0, 0.05) is 48.8 Å². The lowest BCUT2D eigenvalue weighted by Gasteiger charge is -2.37. The molecule has 0 amide bonds. The Morgan fingerprint density at radius 3 is 2.16 bits per heavy atom. The standard InChI is InChI=1S/C30H42N4O3/c1-5-31-14-12-22(13-15-31)29(23-10-11-27(36-3)28(20-23)37-4)34-21-25-24(30(34)35)8-7-9-26(25)33-18-16-32(6-2)17-19-33/h7-11,20-22,29,35H,5-6,12-19H2,1-4H3. The number of aromatic nitrogens is 1. The SMILES string of the molecule is CCN1CCC(C(c2ccc(OC)c(OC)c2)n2cc3c(N4CCN(CC)CC4)cccc3c2O)CC1. The summed E-state index contributed by atoms with van der Waals surface area (Å²) in [5.74, 6) is 2.20. The van der Waals surface area contributed by atoms with Crippen molar-refractivity contribution in [2.45, 2.75) is 32.7 Å². The Labute approximate surface area is 221 Å². The summed E-state index contributed by atoms with van der Waals surface area (Å²) in [6.07, 6.45) is 4.37. The summed E-state index contributed by atoms with van der Waals surface area (Å²) in [6, 6.07) is 12.6. The lowest BCUT2D eigenvalue weighted by Crippen LogP contribution is -2.46. The summed E-state index contributed by atoms with van der Waals surface area (Å²) in [7, 11) is 3.35. The molecule has 2 aliphatic heterocycles. The van der Waals surface area contributed by atoms with E-state index in [0.29, 0.717) is 11.8 Å². The summed E-state index contributed by atoms with van der Waals surface area (Å²) in [5, 5.41) is 13.7. The highest BCUT2D eigenvalue weighted by atomic mass is 16.5. The number of fused-ring (bicyclic) bond motifs is 1. The number of ether oxygens (including phenoxy) is 2. The van der Waals surface area contributed by atoms with E-state index in [0.717, 1.165) is 93.0 Å². The van der Waals surface area contributed by atoms with Gasteiger partial charge in [-0.15, -0.1) is 0 Å². The lowest BCUT2D eigenvalue weighted by atomic mass is 9.85. The molecule has 200 valence electrons. The molecule has 0 radical (unpaired) electrons. The molecule has 2 aliphatic rings. The van der Waals surface area contributed by atoms with Crippen LogP contribution in [0.1, 0.15) is 38.3 Å². The number of likely N-dealkylation sites (N-methyl/N-ethyl adjacent to an activating group) is 1. The fourth-order valence-corrected chi connectivity index (χ4v) is 6.30. The van der Waals surface area contributed by atoms with Crippen molar-refractivity contribution in [3.05, 3.63) is 48.2 Å². The van der Waals surface area contributed by atoms with Crippen LogP contribution in [0.4, 0.5) is 5.69 Å². The third-order valence-electron chi connectivity index (χ3n) is 8.57. The van der Waals surface area contributed by atoms with Gasteiger partial charge in [0.25, 0.3) is 0 Å². The molecule has 0 saturated carbocycles. The fraction of sp³-hybridized carbons (Fsp3) is 0.533. The molecular formula is C30H42N4O3. The van der Waals surface area contributed by atoms with Crippen LogP contribution in [-0.2, 0) is 0 Å². The minimum Gasteiger partial charge on any atom is -0.494 e. The molecule has 0 bridgehead atoms. The second kappa shape index (κ2) is 11.2. The molecule has 1 aromatic heterocycles. The number of rotatable bonds is 8. The van der Waals surface area contributed by atoms with E-state index in [1.54, 1.807) is 14.2 Å². The third-order valence-corrected chi connectivity index (χ3v) is 8.57. The Hall–Kier alpha value is -2.90. The number of anilines is 1. The van der Waals surface area contributed by atoms with Gasteiger partial charge in [0.1, 0.15) is 0 Å². The van der Waals surface area contributed by atoms with Crippen LogP contribution in [0.2, 0.25) is 0 Å². The molecule has 2 aromatic carbocycles. The Kier molecular flexibility index (Phi) is 7.81. The van der Waals surface area contributed by atoms with Crippen LogP contribution in [0, 0.1) is 5.92 Å². The smallest absolute Gasteiger partial charge is 0.199 e. The first-order valence-electron chi connectivity index (χ1n) is 13.8. The molecule has 5 rings (SSSR count). The fourth-order valence-electron chi connectivity index (χ4n) is 6.30. The van der Waals surface area contributed by atoms with Gasteiger partial charge in [0.2, 0.25) is 0 Å². The van der Waals surface area contributed by atoms with Gasteiger partial charge < -0.3 is 33.8 Å². The maximum absolute atomic E-state index is 11.7. The first kappa shape index (κ1) is 25.7. The van der Waals surface area contributed by atoms with Crippen LogP contribution in [0.15, 0.2) is 42.6 Å². The zero-order valence-electron chi connectivity index (χ0n) is 22.8. The molecular weight excluding hydrogens is 464 g/mol. The Morgan fingerprint density at radius 2 is 1.51 bits per heavy atom. The number of piperazine rings is 1. The maximum Gasteiger partial charge on any atom is 0.199 e. The van der Waals surface area contributed by atoms with Crippen LogP contribution in [-0.4, -0.2) is 86.1 Å². The quantitative estimate of drug-likeness (QED) is 0.473. The molecule has 1 unspecified atom stereocenters. The van der Waals surface area contributed by atoms with Crippen LogP contribution in [0.3, 0.4) is 0 Å². The summed E-state index contributed by atoms with van der Waals surface area (Å²) in [4.78, 5) is 7.49. The van der Waals surface area contributed by atoms with E-state index in [2.05, 4.69) is 69.6 Å². The molecule has 1 atom stereocenters. The van der Waals surface area contributed by atoms with E-state index >= 15 is 0 Å². The van der Waals surface area contributed by atoms with E-state index in [1.807, 2.05) is 6.07 Å². The first-order valence-corrected chi connectivity index (χ1v) is 13.8. The highest BCUT2D eigenvalue weighted by Gasteiger charge is 2.32. The second-order valence-corrected chi connectivity index (χ2v) is 10.4. The van der Waals surface area contributed by atoms with Crippen LogP contribution < -0.4 is 14.4 Å². The van der Waals surface area contributed by atoms with E-state index in [-0.39, 0.29) is 6.04 Å². The highest BCUT2D eigenvalue weighted by Crippen LogP contribution is 2.44. The molecule has 7 nitrogen and oxygen atoms in total. The molecule has 37 heavy (non-hydrogen) atoms. The molecule has 0 spiro atoms. The number of hydrogen-bond donors (Lipinski definition) is 1. The average molecular weight is 507 g/mol. The minimum atomic E-state index is 0.0102. The topological polar surface area (TPSA) is 53.3 Å². The van der Waals surface area contributed by atoms with Crippen molar-refractivity contribution in [1.82, 2.24) is 14.4 Å². The zero-order valence-corrected chi connectivity index (χ0v) is 22.8. The Morgan fingerprint density at radius 1 is 0.838 bits per heavy atom. The number of likely N-dealkylation sites (tertiary alicyclic amines) is 1. The van der Waals surface area contributed by atoms with Gasteiger partial charge in [-0.2, -0.15) is 0 Å². The van der Waals surface area contributed by atoms with Crippen molar-refractivity contribution in [1.29, 1.82) is 0 Å². The molecule has 7 heteroatoms. The molecule has 3 aromatic rings. The van der Waals surface area contributed by atoms with E-state index in [9.17, 15) is 5.11 Å². The monoisotopic (exact) mass is 506 g/mol. The van der Waals surface area contributed by atoms with Crippen molar-refractivity contribution in [2.75, 3.05) is 71.5 Å². The summed E-state index contributed by atoms with van der Waals surface area (Å²) in [6.45, 7) is 13.0. The average Bonchev–Trinajstić information content (AvgIpc) is 3.29. The van der Waals surface area contributed by atoms with Crippen molar-refractivity contribution < 1.29 is 14.6 Å². The van der Waals surface area contributed by atoms with Gasteiger partial charge in [0.05, 0.1) is 20.3 Å². The van der Waals surface area contributed by atoms with Crippen molar-refractivity contribution >= 4 is 16.5 Å². The van der Waals surface area contributed by atoms with Gasteiger partial charge in [-0.05, 0) is 74.8 Å². The van der Waals surface area contributed by atoms with Gasteiger partial charge in [0.15, 0.2) is 17.4 Å². The number of benzene rings is 2. The molecule has 2 saturated heterocycles. The third kappa shape index (κ3) is 4.99. The van der Waals surface area contributed by atoms with E-state index in [4.69, 9.17) is 9.47 Å². The van der Waals surface area contributed by atoms with Gasteiger partial charge >= 0.3 is 0 Å². The maximum atomic E-state index is 11.7. The van der Waals surface area contributed by atoms with Gasteiger partial charge in [-0.3, -0.25) is 0 Å². The lowest BCUT2D eigenvalue weighted by molar-refractivity contribution is 0.163. The predicted octanol–water partition coefficient (Wildman–Crippen LogP) is 4.83. The Bertz CT molecular complexity index is 1190. The Balaban J connectivity index is 1.57. The molecule has 1 N–H and O–H groups in total.